The third-order valence-electron chi connectivity index (χ3n) is 3.96. The fourth-order valence-electron chi connectivity index (χ4n) is 3.11. The molecule has 0 unspecified atom stereocenters. The molecule has 0 bridgehead atoms. The van der Waals surface area contributed by atoms with Crippen molar-refractivity contribution < 1.29 is 9.73 Å². The first-order valence-electron chi connectivity index (χ1n) is 6.68. The lowest BCUT2D eigenvalue weighted by Gasteiger charge is -2.31. The Morgan fingerprint density at radius 2 is 2.24 bits per heavy atom. The standard InChI is InChI=1S/C15H23NO/c1-11-7-12(2)15(13(3)8-11)10-16-9-14-5-4-6-17-14/h4-7,12-13,15-16H,8-10H2,1-3H3/p+1/t12-,13-,15+/m1/s1. The number of rotatable bonds is 4. The van der Waals surface area contributed by atoms with Crippen molar-refractivity contribution in [2.45, 2.75) is 33.7 Å². The Morgan fingerprint density at radius 3 is 2.88 bits per heavy atom. The highest BCUT2D eigenvalue weighted by Gasteiger charge is 2.27. The van der Waals surface area contributed by atoms with Crippen molar-refractivity contribution >= 4 is 0 Å². The summed E-state index contributed by atoms with van der Waals surface area (Å²) in [7, 11) is 0. The van der Waals surface area contributed by atoms with Crippen molar-refractivity contribution in [1.29, 1.82) is 0 Å². The molecule has 0 aromatic carbocycles. The van der Waals surface area contributed by atoms with Crippen LogP contribution in [0.4, 0.5) is 0 Å². The van der Waals surface area contributed by atoms with Gasteiger partial charge in [-0.15, -0.1) is 0 Å². The van der Waals surface area contributed by atoms with E-state index >= 15 is 0 Å². The molecule has 0 radical (unpaired) electrons. The lowest BCUT2D eigenvalue weighted by molar-refractivity contribution is -0.679. The second-order valence-corrected chi connectivity index (χ2v) is 5.53. The van der Waals surface area contributed by atoms with Gasteiger partial charge in [-0.3, -0.25) is 0 Å². The maximum Gasteiger partial charge on any atom is 0.157 e. The maximum absolute atomic E-state index is 5.35. The molecule has 0 saturated heterocycles. The smallest absolute Gasteiger partial charge is 0.157 e. The second-order valence-electron chi connectivity index (χ2n) is 5.53. The van der Waals surface area contributed by atoms with Crippen LogP contribution in [0.1, 0.15) is 33.0 Å². The van der Waals surface area contributed by atoms with Crippen LogP contribution < -0.4 is 5.32 Å². The van der Waals surface area contributed by atoms with E-state index in [0.717, 1.165) is 24.1 Å². The van der Waals surface area contributed by atoms with E-state index in [1.54, 1.807) is 11.8 Å². The van der Waals surface area contributed by atoms with Gasteiger partial charge in [0.25, 0.3) is 0 Å². The van der Waals surface area contributed by atoms with Gasteiger partial charge in [0.1, 0.15) is 6.54 Å². The quantitative estimate of drug-likeness (QED) is 0.797. The van der Waals surface area contributed by atoms with E-state index in [0.29, 0.717) is 5.92 Å². The number of allylic oxidation sites excluding steroid dienone is 2. The van der Waals surface area contributed by atoms with Gasteiger partial charge in [0.05, 0.1) is 12.8 Å². The first kappa shape index (κ1) is 12.4. The zero-order chi connectivity index (χ0) is 12.3. The monoisotopic (exact) mass is 234 g/mol. The van der Waals surface area contributed by atoms with Crippen molar-refractivity contribution in [3.05, 3.63) is 35.8 Å². The van der Waals surface area contributed by atoms with Crippen LogP contribution in [0.15, 0.2) is 34.5 Å². The van der Waals surface area contributed by atoms with E-state index in [-0.39, 0.29) is 0 Å². The summed E-state index contributed by atoms with van der Waals surface area (Å²) in [6.45, 7) is 9.16. The minimum Gasteiger partial charge on any atom is -0.463 e. The van der Waals surface area contributed by atoms with Gasteiger partial charge in [0.15, 0.2) is 5.76 Å². The Hall–Kier alpha value is -1.02. The van der Waals surface area contributed by atoms with Crippen LogP contribution in [0, 0.1) is 17.8 Å². The predicted molar refractivity (Wildman–Crippen MR) is 69.4 cm³/mol. The number of quaternary nitrogens is 1. The Morgan fingerprint density at radius 1 is 1.41 bits per heavy atom. The maximum atomic E-state index is 5.35. The summed E-state index contributed by atoms with van der Waals surface area (Å²) in [4.78, 5) is 0. The molecule has 3 atom stereocenters. The van der Waals surface area contributed by atoms with Crippen molar-refractivity contribution in [1.82, 2.24) is 0 Å². The highest BCUT2D eigenvalue weighted by atomic mass is 16.3. The summed E-state index contributed by atoms with van der Waals surface area (Å²) in [5.74, 6) is 3.40. The van der Waals surface area contributed by atoms with Crippen LogP contribution in [-0.4, -0.2) is 6.54 Å². The number of hydrogen-bond acceptors (Lipinski definition) is 1. The summed E-state index contributed by atoms with van der Waals surface area (Å²) in [5, 5.41) is 2.38. The SMILES string of the molecule is CC1=C[C@@H](C)[C@H](C[NH2+]Cc2ccco2)[C@H](C)C1. The molecule has 1 aromatic rings. The topological polar surface area (TPSA) is 29.8 Å². The molecule has 94 valence electrons. The van der Waals surface area contributed by atoms with Crippen LogP contribution >= 0.6 is 0 Å². The first-order valence-corrected chi connectivity index (χ1v) is 6.68. The van der Waals surface area contributed by atoms with Gasteiger partial charge in [-0.25, -0.2) is 0 Å². The molecule has 2 N–H and O–H groups in total. The minimum atomic E-state index is 0.714. The third-order valence-corrected chi connectivity index (χ3v) is 3.96. The summed E-state index contributed by atoms with van der Waals surface area (Å²) in [6.07, 6.45) is 5.47. The van der Waals surface area contributed by atoms with Crippen LogP contribution in [0.2, 0.25) is 0 Å². The molecule has 17 heavy (non-hydrogen) atoms. The minimum absolute atomic E-state index is 0.714. The lowest BCUT2D eigenvalue weighted by atomic mass is 9.75. The molecule has 1 aromatic heterocycles. The van der Waals surface area contributed by atoms with Gasteiger partial charge < -0.3 is 9.73 Å². The average molecular weight is 234 g/mol. The van der Waals surface area contributed by atoms with E-state index in [1.807, 2.05) is 12.1 Å². The van der Waals surface area contributed by atoms with Crippen molar-refractivity contribution in [2.24, 2.45) is 17.8 Å². The van der Waals surface area contributed by atoms with Gasteiger partial charge in [-0.2, -0.15) is 0 Å². The Kier molecular flexibility index (Phi) is 4.06. The molecular weight excluding hydrogens is 210 g/mol. The summed E-state index contributed by atoms with van der Waals surface area (Å²) >= 11 is 0. The molecule has 2 nitrogen and oxygen atoms in total. The van der Waals surface area contributed by atoms with E-state index in [1.165, 1.54) is 13.0 Å². The molecule has 0 spiro atoms. The van der Waals surface area contributed by atoms with E-state index in [4.69, 9.17) is 4.42 Å². The Labute approximate surface area is 104 Å². The molecule has 0 aliphatic heterocycles. The molecule has 2 rings (SSSR count). The van der Waals surface area contributed by atoms with Gasteiger partial charge in [0.2, 0.25) is 0 Å². The average Bonchev–Trinajstić information content (AvgIpc) is 2.74. The summed E-state index contributed by atoms with van der Waals surface area (Å²) in [5.41, 5.74) is 1.56. The highest BCUT2D eigenvalue weighted by Crippen LogP contribution is 2.32. The number of nitrogens with two attached hydrogens (primary N) is 1. The largest absolute Gasteiger partial charge is 0.463 e. The molecule has 0 saturated carbocycles. The fourth-order valence-corrected chi connectivity index (χ4v) is 3.11. The number of furan rings is 1. The molecule has 1 aliphatic carbocycles. The molecule has 0 fully saturated rings. The van der Waals surface area contributed by atoms with Crippen LogP contribution in [0.25, 0.3) is 0 Å². The van der Waals surface area contributed by atoms with E-state index in [2.05, 4.69) is 32.2 Å². The van der Waals surface area contributed by atoms with Crippen molar-refractivity contribution in [3.63, 3.8) is 0 Å². The third kappa shape index (κ3) is 3.22. The fraction of sp³-hybridized carbons (Fsp3) is 0.600. The lowest BCUT2D eigenvalue weighted by Crippen LogP contribution is -2.84. The Bertz CT molecular complexity index is 366. The number of hydrogen-bond donors (Lipinski definition) is 1. The van der Waals surface area contributed by atoms with Gasteiger partial charge in [-0.1, -0.05) is 25.5 Å². The highest BCUT2D eigenvalue weighted by molar-refractivity contribution is 5.08. The molecule has 2 heteroatoms. The van der Waals surface area contributed by atoms with Crippen molar-refractivity contribution in [2.75, 3.05) is 6.54 Å². The van der Waals surface area contributed by atoms with Crippen LogP contribution in [-0.2, 0) is 6.54 Å². The summed E-state index contributed by atoms with van der Waals surface area (Å²) < 4.78 is 5.35. The second kappa shape index (κ2) is 5.54. The van der Waals surface area contributed by atoms with Gasteiger partial charge >= 0.3 is 0 Å². The van der Waals surface area contributed by atoms with Crippen LogP contribution in [0.5, 0.6) is 0 Å². The molecule has 1 heterocycles. The van der Waals surface area contributed by atoms with E-state index in [9.17, 15) is 0 Å². The predicted octanol–water partition coefficient (Wildman–Crippen LogP) is 2.58. The van der Waals surface area contributed by atoms with E-state index < -0.39 is 0 Å². The summed E-state index contributed by atoms with van der Waals surface area (Å²) in [6, 6.07) is 4.01. The normalized spacial score (nSPS) is 29.1. The van der Waals surface area contributed by atoms with Crippen molar-refractivity contribution in [3.8, 4) is 0 Å². The van der Waals surface area contributed by atoms with Gasteiger partial charge in [0, 0.05) is 5.92 Å². The molecule has 1 aliphatic rings. The Balaban J connectivity index is 1.82. The first-order chi connectivity index (χ1) is 8.16. The molecular formula is C15H24NO+. The zero-order valence-electron chi connectivity index (χ0n) is 11.1. The zero-order valence-corrected chi connectivity index (χ0v) is 11.1. The van der Waals surface area contributed by atoms with Crippen LogP contribution in [0.3, 0.4) is 0 Å². The molecule has 0 amide bonds. The van der Waals surface area contributed by atoms with Gasteiger partial charge in [-0.05, 0) is 37.3 Å².